The van der Waals surface area contributed by atoms with Gasteiger partial charge < -0.3 is 14.2 Å². The molecule has 0 atom stereocenters. The van der Waals surface area contributed by atoms with Crippen LogP contribution < -0.4 is 14.9 Å². The van der Waals surface area contributed by atoms with Crippen molar-refractivity contribution in [1.82, 2.24) is 20.2 Å². The maximum Gasteiger partial charge on any atom is 0.242 e. The quantitative estimate of drug-likeness (QED) is 0.653. The van der Waals surface area contributed by atoms with Crippen LogP contribution in [0.25, 0.3) is 5.82 Å². The molecule has 0 saturated heterocycles. The van der Waals surface area contributed by atoms with Gasteiger partial charge in [-0.15, -0.1) is 5.10 Å². The van der Waals surface area contributed by atoms with Crippen molar-refractivity contribution in [2.45, 2.75) is 0 Å². The zero-order valence-electron chi connectivity index (χ0n) is 15.1. The Morgan fingerprint density at radius 3 is 2.79 bits per heavy atom. The number of amidine groups is 1. The molecule has 0 unspecified atom stereocenters. The third-order valence-corrected chi connectivity index (χ3v) is 4.62. The fraction of sp³-hybridized carbons (Fsp3) is 0.158. The Morgan fingerprint density at radius 2 is 2.00 bits per heavy atom. The molecule has 0 fully saturated rings. The number of aliphatic imine (C=N–C) groups is 1. The first-order chi connectivity index (χ1) is 14.3. The summed E-state index contributed by atoms with van der Waals surface area (Å²) in [6, 6.07) is 9.23. The Morgan fingerprint density at radius 1 is 1.10 bits per heavy atom. The molecule has 2 aliphatic heterocycles. The lowest BCUT2D eigenvalue weighted by Gasteiger charge is -2.19. The molecule has 5 rings (SSSR count). The molecule has 0 amide bonds. The van der Waals surface area contributed by atoms with Gasteiger partial charge in [-0.3, -0.25) is 5.43 Å². The number of fused-ring (bicyclic) bond motifs is 1. The summed E-state index contributed by atoms with van der Waals surface area (Å²) in [5.41, 5.74) is 4.40. The molecule has 0 aliphatic carbocycles. The van der Waals surface area contributed by atoms with Gasteiger partial charge in [0.05, 0.1) is 21.9 Å². The molecule has 9 nitrogen and oxygen atoms in total. The van der Waals surface area contributed by atoms with Crippen molar-refractivity contribution >= 4 is 33.4 Å². The van der Waals surface area contributed by atoms with Gasteiger partial charge in [-0.1, -0.05) is 0 Å². The fourth-order valence-electron chi connectivity index (χ4n) is 2.93. The molecule has 29 heavy (non-hydrogen) atoms. The van der Waals surface area contributed by atoms with Gasteiger partial charge in [0, 0.05) is 18.5 Å². The van der Waals surface area contributed by atoms with E-state index in [1.807, 2.05) is 36.5 Å². The summed E-state index contributed by atoms with van der Waals surface area (Å²) in [4.78, 5) is 8.94. The summed E-state index contributed by atoms with van der Waals surface area (Å²) in [5.74, 6) is 3.02. The number of hydrazone groups is 1. The maximum absolute atomic E-state index is 5.84. The SMILES string of the molecule is Brc1cnn(-c2ncccc2C2=NNC(=Nc3ccc4c(c3)OCCO4)CO2)c1. The van der Waals surface area contributed by atoms with Crippen molar-refractivity contribution < 1.29 is 14.2 Å². The van der Waals surface area contributed by atoms with Crippen molar-refractivity contribution in [3.8, 4) is 17.3 Å². The summed E-state index contributed by atoms with van der Waals surface area (Å²) in [5, 5.41) is 8.60. The standard InChI is InChI=1S/C19H15BrN6O3/c20-12-9-22-26(10-12)18-14(2-1-5-21-18)19-25-24-17(11-29-19)23-13-3-4-15-16(8-13)28-7-6-27-15/h1-5,8-10H,6-7,11H2,(H,23,24). The van der Waals surface area contributed by atoms with Gasteiger partial charge in [0.25, 0.3) is 0 Å². The van der Waals surface area contributed by atoms with Crippen LogP contribution in [0, 0.1) is 0 Å². The molecule has 4 heterocycles. The third kappa shape index (κ3) is 3.66. The Labute approximate surface area is 174 Å². The van der Waals surface area contributed by atoms with Crippen LogP contribution in [0.5, 0.6) is 11.5 Å². The third-order valence-electron chi connectivity index (χ3n) is 4.21. The zero-order valence-corrected chi connectivity index (χ0v) is 16.7. The topological polar surface area (TPSA) is 95.2 Å². The molecule has 1 aromatic carbocycles. The smallest absolute Gasteiger partial charge is 0.242 e. The number of benzene rings is 1. The number of pyridine rings is 1. The van der Waals surface area contributed by atoms with Crippen molar-refractivity contribution in [3.63, 3.8) is 0 Å². The molecule has 10 heteroatoms. The minimum atomic E-state index is 0.240. The average molecular weight is 455 g/mol. The van der Waals surface area contributed by atoms with E-state index in [9.17, 15) is 0 Å². The lowest BCUT2D eigenvalue weighted by Crippen LogP contribution is -2.33. The highest BCUT2D eigenvalue weighted by Crippen LogP contribution is 2.33. The van der Waals surface area contributed by atoms with Crippen LogP contribution in [0.15, 0.2) is 63.5 Å². The lowest BCUT2D eigenvalue weighted by atomic mass is 10.2. The van der Waals surface area contributed by atoms with E-state index in [-0.39, 0.29) is 6.61 Å². The molecule has 0 spiro atoms. The minimum absolute atomic E-state index is 0.240. The number of halogens is 1. The normalized spacial score (nSPS) is 16.7. The van der Waals surface area contributed by atoms with Crippen molar-refractivity contribution in [3.05, 3.63) is 59.0 Å². The van der Waals surface area contributed by atoms with E-state index < -0.39 is 0 Å². The molecule has 3 aromatic rings. The molecule has 0 saturated carbocycles. The van der Waals surface area contributed by atoms with Crippen LogP contribution in [-0.4, -0.2) is 46.3 Å². The molecular formula is C19H15BrN6O3. The fourth-order valence-corrected chi connectivity index (χ4v) is 3.22. The van der Waals surface area contributed by atoms with Gasteiger partial charge in [0.1, 0.15) is 19.8 Å². The molecule has 146 valence electrons. The van der Waals surface area contributed by atoms with E-state index >= 15 is 0 Å². The summed E-state index contributed by atoms with van der Waals surface area (Å²) >= 11 is 3.39. The largest absolute Gasteiger partial charge is 0.486 e. The van der Waals surface area contributed by atoms with Gasteiger partial charge in [-0.05, 0) is 40.2 Å². The van der Waals surface area contributed by atoms with Crippen LogP contribution in [0.4, 0.5) is 5.69 Å². The molecule has 2 aliphatic rings. The highest BCUT2D eigenvalue weighted by Gasteiger charge is 2.19. The van der Waals surface area contributed by atoms with Crippen LogP contribution in [0.1, 0.15) is 5.56 Å². The lowest BCUT2D eigenvalue weighted by molar-refractivity contribution is 0.171. The number of nitrogens with zero attached hydrogens (tertiary/aromatic N) is 5. The molecule has 0 radical (unpaired) electrons. The number of aromatic nitrogens is 3. The van der Waals surface area contributed by atoms with Gasteiger partial charge in [-0.2, -0.15) is 5.10 Å². The molecule has 0 bridgehead atoms. The van der Waals surface area contributed by atoms with E-state index in [2.05, 4.69) is 41.5 Å². The molecule has 1 N–H and O–H groups in total. The predicted octanol–water partition coefficient (Wildman–Crippen LogP) is 2.81. The van der Waals surface area contributed by atoms with Crippen LogP contribution >= 0.6 is 15.9 Å². The van der Waals surface area contributed by atoms with Gasteiger partial charge in [0.15, 0.2) is 23.2 Å². The number of rotatable bonds is 3. The minimum Gasteiger partial charge on any atom is -0.486 e. The first-order valence-corrected chi connectivity index (χ1v) is 9.65. The summed E-state index contributed by atoms with van der Waals surface area (Å²) < 4.78 is 19.5. The molecule has 2 aromatic heterocycles. The van der Waals surface area contributed by atoms with Gasteiger partial charge >= 0.3 is 0 Å². The van der Waals surface area contributed by atoms with E-state index in [1.165, 1.54) is 0 Å². The first-order valence-electron chi connectivity index (χ1n) is 8.86. The van der Waals surface area contributed by atoms with E-state index in [4.69, 9.17) is 14.2 Å². The van der Waals surface area contributed by atoms with Gasteiger partial charge in [0.2, 0.25) is 5.90 Å². The summed E-state index contributed by atoms with van der Waals surface area (Å²) in [7, 11) is 0. The van der Waals surface area contributed by atoms with E-state index in [1.54, 1.807) is 17.1 Å². The Balaban J connectivity index is 1.38. The summed E-state index contributed by atoms with van der Waals surface area (Å²) in [6.45, 7) is 1.33. The Kier molecular flexibility index (Phi) is 4.60. The zero-order chi connectivity index (χ0) is 19.6. The van der Waals surface area contributed by atoms with Crippen LogP contribution in [0.2, 0.25) is 0 Å². The van der Waals surface area contributed by atoms with E-state index in [0.29, 0.717) is 42.1 Å². The predicted molar refractivity (Wildman–Crippen MR) is 109 cm³/mol. The second kappa shape index (κ2) is 7.55. The van der Waals surface area contributed by atoms with Crippen molar-refractivity contribution in [2.24, 2.45) is 10.1 Å². The Hall–Kier alpha value is -3.40. The van der Waals surface area contributed by atoms with Crippen molar-refractivity contribution in [2.75, 3.05) is 19.8 Å². The second-order valence-electron chi connectivity index (χ2n) is 6.18. The number of hydrogen-bond donors (Lipinski definition) is 1. The highest BCUT2D eigenvalue weighted by molar-refractivity contribution is 9.10. The molecular weight excluding hydrogens is 440 g/mol. The van der Waals surface area contributed by atoms with Gasteiger partial charge in [-0.25, -0.2) is 14.7 Å². The number of nitrogens with one attached hydrogen (secondary N) is 1. The average Bonchev–Trinajstić information content (AvgIpc) is 3.20. The number of hydrogen-bond acceptors (Lipinski definition) is 7. The summed E-state index contributed by atoms with van der Waals surface area (Å²) in [6.07, 6.45) is 5.20. The van der Waals surface area contributed by atoms with Crippen molar-refractivity contribution in [1.29, 1.82) is 0 Å². The van der Waals surface area contributed by atoms with E-state index in [0.717, 1.165) is 15.9 Å². The monoisotopic (exact) mass is 454 g/mol. The van der Waals surface area contributed by atoms with Crippen LogP contribution in [0.3, 0.4) is 0 Å². The Bertz CT molecular complexity index is 1130. The number of ether oxygens (including phenoxy) is 3. The second-order valence-corrected chi connectivity index (χ2v) is 7.10. The maximum atomic E-state index is 5.84. The first kappa shape index (κ1) is 17.7. The van der Waals surface area contributed by atoms with Crippen LogP contribution in [-0.2, 0) is 4.74 Å². The highest BCUT2D eigenvalue weighted by atomic mass is 79.9.